The lowest BCUT2D eigenvalue weighted by atomic mass is 9.98. The average molecular weight is 194 g/mol. The summed E-state index contributed by atoms with van der Waals surface area (Å²) in [5, 5.41) is 0. The molecule has 74 valence electrons. The number of hydrogen-bond donors (Lipinski definition) is 0. The van der Waals surface area contributed by atoms with E-state index in [2.05, 4.69) is 0 Å². The summed E-state index contributed by atoms with van der Waals surface area (Å²) in [6.07, 6.45) is 0.208. The second-order valence-corrected chi connectivity index (χ2v) is 3.16. The fourth-order valence-corrected chi connectivity index (χ4v) is 1.23. The molecule has 0 aliphatic carbocycles. The lowest BCUT2D eigenvalue weighted by Crippen LogP contribution is -1.89. The van der Waals surface area contributed by atoms with E-state index >= 15 is 0 Å². The van der Waals surface area contributed by atoms with Crippen LogP contribution in [0.4, 0.5) is 8.78 Å². The summed E-state index contributed by atoms with van der Waals surface area (Å²) in [5.74, 6) is 0.253. The molecule has 0 saturated carbocycles. The highest BCUT2D eigenvalue weighted by Gasteiger charge is 2.01. The van der Waals surface area contributed by atoms with Gasteiger partial charge in [0.05, 0.1) is 0 Å². The van der Waals surface area contributed by atoms with Crippen molar-refractivity contribution in [3.8, 4) is 0 Å². The van der Waals surface area contributed by atoms with Crippen molar-refractivity contribution in [3.63, 3.8) is 0 Å². The van der Waals surface area contributed by atoms with E-state index in [4.69, 9.17) is 0 Å². The van der Waals surface area contributed by atoms with Crippen LogP contribution in [0.1, 0.15) is 24.8 Å². The molecular formula is C12H12F2. The van der Waals surface area contributed by atoms with Gasteiger partial charge in [0.1, 0.15) is 0 Å². The van der Waals surface area contributed by atoms with Crippen LogP contribution in [0.15, 0.2) is 48.2 Å². The Morgan fingerprint density at radius 3 is 2.57 bits per heavy atom. The lowest BCUT2D eigenvalue weighted by Gasteiger charge is -2.07. The van der Waals surface area contributed by atoms with E-state index in [-0.39, 0.29) is 5.92 Å². The molecule has 0 aromatic heterocycles. The van der Waals surface area contributed by atoms with E-state index in [0.717, 1.165) is 5.56 Å². The van der Waals surface area contributed by atoms with Crippen LogP contribution in [0, 0.1) is 0 Å². The fraction of sp³-hybridized carbons (Fsp3) is 0.250. The van der Waals surface area contributed by atoms with Crippen LogP contribution in [0.3, 0.4) is 0 Å². The van der Waals surface area contributed by atoms with Crippen LogP contribution in [-0.4, -0.2) is 0 Å². The first-order valence-electron chi connectivity index (χ1n) is 4.51. The largest absolute Gasteiger partial charge is 0.312 e. The molecule has 1 rings (SSSR count). The highest BCUT2D eigenvalue weighted by molar-refractivity contribution is 5.19. The van der Waals surface area contributed by atoms with Gasteiger partial charge in [-0.25, -0.2) is 0 Å². The van der Waals surface area contributed by atoms with E-state index in [1.807, 2.05) is 43.0 Å². The maximum atomic E-state index is 11.7. The fourth-order valence-electron chi connectivity index (χ4n) is 1.23. The Balaban J connectivity index is 2.60. The number of allylic oxidation sites excluding steroid dienone is 1. The Morgan fingerprint density at radius 1 is 1.36 bits per heavy atom. The second-order valence-electron chi connectivity index (χ2n) is 3.16. The number of rotatable bonds is 3. The first-order chi connectivity index (χ1) is 6.70. The molecule has 1 atom stereocenters. The van der Waals surface area contributed by atoms with Gasteiger partial charge in [0.15, 0.2) is 0 Å². The molecule has 1 aromatic carbocycles. The summed E-state index contributed by atoms with van der Waals surface area (Å²) < 4.78 is 23.3. The van der Waals surface area contributed by atoms with E-state index in [0.29, 0.717) is 6.42 Å². The highest BCUT2D eigenvalue weighted by atomic mass is 19.3. The molecular weight excluding hydrogens is 182 g/mol. The van der Waals surface area contributed by atoms with Crippen molar-refractivity contribution in [1.82, 2.24) is 0 Å². The Morgan fingerprint density at radius 2 is 2.00 bits per heavy atom. The second kappa shape index (κ2) is 5.36. The van der Waals surface area contributed by atoms with Gasteiger partial charge in [0, 0.05) is 0 Å². The molecule has 0 N–H and O–H groups in total. The standard InChI is InChI=1S/C12H12F2/c1-10(6-5-9-12(13)14)11-7-3-2-4-8-11/h2-5,7-8,10H,6H2,1H3. The summed E-state index contributed by atoms with van der Waals surface area (Å²) in [4.78, 5) is 0. The molecule has 14 heavy (non-hydrogen) atoms. The molecule has 0 aliphatic rings. The summed E-state index contributed by atoms with van der Waals surface area (Å²) >= 11 is 0. The van der Waals surface area contributed by atoms with E-state index in [1.165, 1.54) is 6.08 Å². The minimum Gasteiger partial charge on any atom is -0.164 e. The van der Waals surface area contributed by atoms with Crippen molar-refractivity contribution < 1.29 is 8.78 Å². The van der Waals surface area contributed by atoms with Gasteiger partial charge in [-0.2, -0.15) is 8.78 Å². The average Bonchev–Trinajstić information content (AvgIpc) is 2.18. The van der Waals surface area contributed by atoms with Crippen LogP contribution in [0.5, 0.6) is 0 Å². The molecule has 0 bridgehead atoms. The smallest absolute Gasteiger partial charge is 0.164 e. The van der Waals surface area contributed by atoms with Crippen LogP contribution >= 0.6 is 0 Å². The van der Waals surface area contributed by atoms with Gasteiger partial charge < -0.3 is 0 Å². The van der Waals surface area contributed by atoms with Crippen molar-refractivity contribution in [2.24, 2.45) is 0 Å². The SMILES string of the molecule is CC(CC=C=C(F)F)c1ccccc1. The zero-order valence-corrected chi connectivity index (χ0v) is 8.00. The predicted octanol–water partition coefficient (Wildman–Crippen LogP) is 4.12. The Hall–Kier alpha value is -1.40. The number of halogens is 2. The van der Waals surface area contributed by atoms with Gasteiger partial charge in [-0.15, -0.1) is 0 Å². The van der Waals surface area contributed by atoms with Gasteiger partial charge in [-0.1, -0.05) is 43.0 Å². The zero-order chi connectivity index (χ0) is 10.4. The molecule has 0 fully saturated rings. The van der Waals surface area contributed by atoms with Gasteiger partial charge in [0.2, 0.25) is 0 Å². The maximum absolute atomic E-state index is 11.7. The van der Waals surface area contributed by atoms with Crippen molar-refractivity contribution in [2.45, 2.75) is 19.3 Å². The van der Waals surface area contributed by atoms with Gasteiger partial charge in [0.25, 0.3) is 0 Å². The van der Waals surface area contributed by atoms with Crippen LogP contribution in [0.25, 0.3) is 0 Å². The first kappa shape index (κ1) is 10.7. The van der Waals surface area contributed by atoms with Gasteiger partial charge in [-0.3, -0.25) is 0 Å². The molecule has 0 radical (unpaired) electrons. The molecule has 0 amide bonds. The van der Waals surface area contributed by atoms with Gasteiger partial charge in [-0.05, 0) is 24.0 Å². The maximum Gasteiger partial charge on any atom is 0.312 e. The third-order valence-electron chi connectivity index (χ3n) is 2.05. The minimum absolute atomic E-state index is 0.253. The third kappa shape index (κ3) is 3.55. The van der Waals surface area contributed by atoms with E-state index in [1.54, 1.807) is 0 Å². The van der Waals surface area contributed by atoms with Crippen molar-refractivity contribution in [3.05, 3.63) is 53.8 Å². The van der Waals surface area contributed by atoms with Gasteiger partial charge >= 0.3 is 6.08 Å². The van der Waals surface area contributed by atoms with Crippen molar-refractivity contribution in [2.75, 3.05) is 0 Å². The molecule has 1 aromatic rings. The Bertz CT molecular complexity index is 331. The quantitative estimate of drug-likeness (QED) is 0.635. The predicted molar refractivity (Wildman–Crippen MR) is 53.3 cm³/mol. The first-order valence-corrected chi connectivity index (χ1v) is 4.51. The Kier molecular flexibility index (Phi) is 4.09. The number of benzene rings is 1. The zero-order valence-electron chi connectivity index (χ0n) is 8.00. The van der Waals surface area contributed by atoms with Crippen LogP contribution in [0.2, 0.25) is 0 Å². The van der Waals surface area contributed by atoms with Crippen LogP contribution < -0.4 is 0 Å². The highest BCUT2D eigenvalue weighted by Crippen LogP contribution is 2.18. The summed E-state index contributed by atoms with van der Waals surface area (Å²) in [6, 6.07) is 9.82. The summed E-state index contributed by atoms with van der Waals surface area (Å²) in [5.41, 5.74) is 3.06. The third-order valence-corrected chi connectivity index (χ3v) is 2.05. The molecule has 2 heteroatoms. The van der Waals surface area contributed by atoms with Crippen molar-refractivity contribution >= 4 is 0 Å². The van der Waals surface area contributed by atoms with Crippen LogP contribution in [-0.2, 0) is 0 Å². The molecule has 0 heterocycles. The topological polar surface area (TPSA) is 0 Å². The monoisotopic (exact) mass is 194 g/mol. The summed E-state index contributed by atoms with van der Waals surface area (Å²) in [6.45, 7) is 2.00. The molecule has 0 spiro atoms. The molecule has 1 unspecified atom stereocenters. The molecule has 0 saturated heterocycles. The molecule has 0 aliphatic heterocycles. The minimum atomic E-state index is -1.76. The lowest BCUT2D eigenvalue weighted by molar-refractivity contribution is 0.423. The molecule has 0 nitrogen and oxygen atoms in total. The normalized spacial score (nSPS) is 11.6. The van der Waals surface area contributed by atoms with E-state index in [9.17, 15) is 8.78 Å². The number of hydrogen-bond acceptors (Lipinski definition) is 0. The Labute approximate surface area is 82.6 Å². The summed E-state index contributed by atoms with van der Waals surface area (Å²) in [7, 11) is 0. The van der Waals surface area contributed by atoms with Crippen molar-refractivity contribution in [1.29, 1.82) is 0 Å². The van der Waals surface area contributed by atoms with E-state index < -0.39 is 6.08 Å².